The number of pyridine rings is 2. The van der Waals surface area contributed by atoms with Crippen LogP contribution in [0.25, 0.3) is 0 Å². The fraction of sp³-hybridized carbons (Fsp3) is 0.561. The molecule has 8 aliphatic heterocycles. The van der Waals surface area contributed by atoms with Gasteiger partial charge in [-0.2, -0.15) is 0 Å². The lowest BCUT2D eigenvalue weighted by molar-refractivity contribution is -0.163. The van der Waals surface area contributed by atoms with Crippen LogP contribution in [0.4, 0.5) is 17.6 Å². The Morgan fingerprint density at radius 1 is 0.448 bits per heavy atom. The number of carbonyl (C=O) groups excluding carboxylic acids is 14. The predicted octanol–water partition coefficient (Wildman–Crippen LogP) is 2.96. The summed E-state index contributed by atoms with van der Waals surface area (Å²) in [6, 6.07) is -1.88. The second-order valence-corrected chi connectivity index (χ2v) is 32.1. The summed E-state index contributed by atoms with van der Waals surface area (Å²) >= 11 is 0. The lowest BCUT2D eigenvalue weighted by Crippen LogP contribution is -2.63. The zero-order valence-electron chi connectivity index (χ0n) is 66.3. The van der Waals surface area contributed by atoms with E-state index in [-0.39, 0.29) is 114 Å². The number of piperidine rings is 2. The SMILES string of the molecule is Cc1ccc(CC(=O)N[C@@H](Cc2cc(F)cc(F)c2)C(=O)N[C@@H]2C(=O)N3CCC[C@H]3C(=O)N3CCCC[C@H]3C(=O)N[C@@H](C)C(=O)N3C[C@H](C)C[C@H]3C(=O)O[C@H]2C)cn1.Cc1ccc(CC(=O)N[C@@H](Cc2cc(F)cc(F)c2)C(=O)N[C@@H]2C(=O)N3CCC[C@H]3C(=O)N3CCCC[C@H]3C(=O)N[C@@H](C)C(=O)N3C[C@H](C)C[C@H]3C(=O)O[C@H]2C)nc1. The summed E-state index contributed by atoms with van der Waals surface area (Å²) in [7, 11) is 0. The first kappa shape index (κ1) is 85.9. The van der Waals surface area contributed by atoms with Crippen LogP contribution in [0, 0.1) is 49.0 Å². The van der Waals surface area contributed by atoms with Gasteiger partial charge in [0.2, 0.25) is 70.9 Å². The number of cyclic esters (lactones) is 2. The van der Waals surface area contributed by atoms with Crippen LogP contribution in [-0.4, -0.2) is 246 Å². The molecule has 6 N–H and O–H groups in total. The minimum absolute atomic E-state index is 0.0369. The second-order valence-electron chi connectivity index (χ2n) is 32.1. The van der Waals surface area contributed by atoms with Crippen molar-refractivity contribution in [2.24, 2.45) is 11.8 Å². The Morgan fingerprint density at radius 3 is 1.26 bits per heavy atom. The Morgan fingerprint density at radius 2 is 0.853 bits per heavy atom. The average molecular weight is 1620 g/mol. The molecule has 4 aromatic rings. The topological polar surface area (TPSA) is 375 Å². The molecule has 8 aliphatic rings. The predicted molar refractivity (Wildman–Crippen MR) is 406 cm³/mol. The molecule has 624 valence electrons. The van der Waals surface area contributed by atoms with Crippen molar-refractivity contribution in [3.05, 3.63) is 130 Å². The van der Waals surface area contributed by atoms with Crippen LogP contribution in [0.1, 0.15) is 152 Å². The summed E-state index contributed by atoms with van der Waals surface area (Å²) in [5.41, 5.74) is 2.60. The van der Waals surface area contributed by atoms with Crippen LogP contribution in [0.2, 0.25) is 0 Å². The highest BCUT2D eigenvalue weighted by Gasteiger charge is 2.51. The maximum Gasteiger partial charge on any atom is 0.329 e. The molecule has 12 rings (SSSR count). The van der Waals surface area contributed by atoms with E-state index in [1.165, 1.54) is 63.3 Å². The zero-order chi connectivity index (χ0) is 83.7. The van der Waals surface area contributed by atoms with Gasteiger partial charge in [0, 0.05) is 88.0 Å². The minimum Gasteiger partial charge on any atom is -0.458 e. The Bertz CT molecular complexity index is 4100. The number of nitrogens with one attached hydrogen (secondary N) is 6. The summed E-state index contributed by atoms with van der Waals surface area (Å²) in [5, 5.41) is 16.1. The van der Waals surface area contributed by atoms with Gasteiger partial charge >= 0.3 is 11.9 Å². The van der Waals surface area contributed by atoms with Crippen LogP contribution in [-0.2, 0) is 102 Å². The zero-order valence-corrected chi connectivity index (χ0v) is 66.3. The van der Waals surface area contributed by atoms with E-state index >= 15 is 0 Å². The maximum absolute atomic E-state index is 14.7. The van der Waals surface area contributed by atoms with E-state index in [1.54, 1.807) is 37.4 Å². The second kappa shape index (κ2) is 37.8. The van der Waals surface area contributed by atoms with Crippen LogP contribution >= 0.6 is 0 Å². The summed E-state index contributed by atoms with van der Waals surface area (Å²) in [5.74, 6) is -13.0. The van der Waals surface area contributed by atoms with E-state index in [4.69, 9.17) is 9.47 Å². The number of ether oxygens (including phenoxy) is 2. The van der Waals surface area contributed by atoms with Crippen molar-refractivity contribution in [3.8, 4) is 0 Å². The van der Waals surface area contributed by atoms with Gasteiger partial charge in [-0.15, -0.1) is 0 Å². The number of amides is 12. The largest absolute Gasteiger partial charge is 0.458 e. The number of fused-ring (bicyclic) bond motifs is 6. The molecule has 0 saturated carbocycles. The highest BCUT2D eigenvalue weighted by molar-refractivity contribution is 6.00. The molecule has 16 atom stereocenters. The number of benzene rings is 2. The van der Waals surface area contributed by atoms with E-state index in [0.29, 0.717) is 74.8 Å². The molecule has 12 amide bonds. The van der Waals surface area contributed by atoms with E-state index in [2.05, 4.69) is 41.9 Å². The summed E-state index contributed by atoms with van der Waals surface area (Å²) in [6.45, 7) is 14.4. The summed E-state index contributed by atoms with van der Waals surface area (Å²) in [6.07, 6.45) is 4.37. The van der Waals surface area contributed by atoms with Crippen LogP contribution in [0.3, 0.4) is 0 Å². The number of rotatable bonds is 14. The van der Waals surface area contributed by atoms with Gasteiger partial charge in [-0.3, -0.25) is 67.5 Å². The van der Waals surface area contributed by atoms with Crippen molar-refractivity contribution in [2.45, 2.75) is 243 Å². The van der Waals surface area contributed by atoms with Gasteiger partial charge in [0.05, 0.1) is 12.8 Å². The molecule has 30 nitrogen and oxygen atoms in total. The summed E-state index contributed by atoms with van der Waals surface area (Å²) in [4.78, 5) is 213. The number of halogens is 4. The Kier molecular flexibility index (Phi) is 28.0. The van der Waals surface area contributed by atoms with E-state index in [0.717, 1.165) is 35.5 Å². The summed E-state index contributed by atoms with van der Waals surface area (Å²) < 4.78 is 69.1. The quantitative estimate of drug-likeness (QED) is 0.0780. The first-order valence-corrected chi connectivity index (χ1v) is 40.0. The minimum atomic E-state index is -1.61. The number of aromatic nitrogens is 2. The molecule has 34 heteroatoms. The Balaban J connectivity index is 0.000000228. The van der Waals surface area contributed by atoms with Crippen molar-refractivity contribution in [1.82, 2.24) is 71.3 Å². The standard InChI is InChI=1S/2C41H51F2N7O8/c1-22-14-33-41(57)58-25(4)35(47-36(52)30(17-27-15-28(42)19-29(43)16-27)46-34(51)18-26-11-10-23(2)44-20-26)40(56)49-13-7-9-32(49)39(55)48-12-6-5-8-31(48)37(53)45-24(3)38(54)50(33)21-22;1-22-10-11-29(44-20-22)19-34(51)46-30(17-26-15-27(42)18-28(43)16-26)36(52)47-35-25(4)58-41(57)33-14-23(2)21-50(33)38(54)24(3)45-37(53)31-8-5-6-12-48(31)39(55)32-9-7-13-49(32)40(35)56/h10-11,15-16,19-20,22,24-25,30-33,35H,5-9,12-14,17-18,21H2,1-4H3,(H,45,53)(H,46,51)(H,47,52);10-11,15-16,18,20,23-25,30-33,35H,5-9,12-14,17,19,21H2,1-4H3,(H,45,53)(H,46,51)(H,47,52)/t22-,24+,25+,30+,31+,32+,33+,35+;23-,24+,25+,30+,31+,32+,33+,35+/m11/s1. The molecular formula is C82H102F4N14O16. The van der Waals surface area contributed by atoms with Gasteiger partial charge in [0.25, 0.3) is 0 Å². The van der Waals surface area contributed by atoms with Crippen molar-refractivity contribution >= 4 is 82.8 Å². The number of hydrogen-bond donors (Lipinski definition) is 6. The van der Waals surface area contributed by atoms with Crippen molar-refractivity contribution in [1.29, 1.82) is 0 Å². The van der Waals surface area contributed by atoms with Gasteiger partial charge in [-0.25, -0.2) is 27.2 Å². The third kappa shape index (κ3) is 20.8. The first-order chi connectivity index (χ1) is 55.2. The molecule has 8 saturated heterocycles. The third-order valence-corrected chi connectivity index (χ3v) is 22.8. The normalized spacial score (nSPS) is 27.6. The lowest BCUT2D eigenvalue weighted by Gasteiger charge is -2.39. The Labute approximate surface area is 669 Å². The van der Waals surface area contributed by atoms with Crippen LogP contribution in [0.5, 0.6) is 0 Å². The van der Waals surface area contributed by atoms with Crippen molar-refractivity contribution in [2.75, 3.05) is 39.3 Å². The van der Waals surface area contributed by atoms with Crippen molar-refractivity contribution < 1.29 is 94.2 Å². The van der Waals surface area contributed by atoms with Gasteiger partial charge in [0.1, 0.15) is 108 Å². The molecular weight excluding hydrogens is 1510 g/mol. The van der Waals surface area contributed by atoms with Gasteiger partial charge in [-0.05, 0) is 189 Å². The number of hydrogen-bond acceptors (Lipinski definition) is 18. The third-order valence-electron chi connectivity index (χ3n) is 22.8. The molecule has 0 radical (unpaired) electrons. The molecule has 0 bridgehead atoms. The van der Waals surface area contributed by atoms with Crippen LogP contribution in [0.15, 0.2) is 73.1 Å². The fourth-order valence-corrected chi connectivity index (χ4v) is 16.8. The molecule has 2 aromatic heterocycles. The maximum atomic E-state index is 14.7. The smallest absolute Gasteiger partial charge is 0.329 e. The monoisotopic (exact) mass is 1610 g/mol. The van der Waals surface area contributed by atoms with Crippen LogP contribution < -0.4 is 31.9 Å². The highest BCUT2D eigenvalue weighted by atomic mass is 19.1. The number of carbonyl (C=O) groups is 14. The van der Waals surface area contributed by atoms with E-state index in [9.17, 15) is 84.7 Å². The first-order valence-electron chi connectivity index (χ1n) is 40.0. The lowest BCUT2D eigenvalue weighted by atomic mass is 9.99. The number of esters is 2. The molecule has 0 aliphatic carbocycles. The molecule has 8 fully saturated rings. The molecule has 10 heterocycles. The Hall–Kier alpha value is -11.0. The van der Waals surface area contributed by atoms with Gasteiger partial charge in [0.15, 0.2) is 0 Å². The number of nitrogens with zero attached hydrogens (tertiary/aromatic N) is 8. The number of aryl methyl sites for hydroxylation is 2. The van der Waals surface area contributed by atoms with E-state index < -0.39 is 191 Å². The van der Waals surface area contributed by atoms with E-state index in [1.807, 2.05) is 20.8 Å². The fourth-order valence-electron chi connectivity index (χ4n) is 16.8. The highest BCUT2D eigenvalue weighted by Crippen LogP contribution is 2.33. The molecule has 0 spiro atoms. The van der Waals surface area contributed by atoms with Gasteiger partial charge in [-0.1, -0.05) is 26.0 Å². The molecule has 0 unspecified atom stereocenters. The average Bonchev–Trinajstić information content (AvgIpc) is 1.54. The molecule has 2 aromatic carbocycles. The van der Waals surface area contributed by atoms with Crippen molar-refractivity contribution in [3.63, 3.8) is 0 Å². The van der Waals surface area contributed by atoms with Gasteiger partial charge < -0.3 is 70.8 Å². The molecule has 116 heavy (non-hydrogen) atoms.